The average Bonchev–Trinajstić information content (AvgIpc) is 3.56. The van der Waals surface area contributed by atoms with E-state index in [9.17, 15) is 9.59 Å². The zero-order chi connectivity index (χ0) is 39.2. The maximum atomic E-state index is 12.8. The molecule has 3 fully saturated rings. The van der Waals surface area contributed by atoms with Gasteiger partial charge in [-0.2, -0.15) is 0 Å². The van der Waals surface area contributed by atoms with Gasteiger partial charge in [0.1, 0.15) is 6.29 Å². The van der Waals surface area contributed by atoms with Gasteiger partial charge in [0.05, 0.1) is 69.0 Å². The second kappa shape index (κ2) is 18.6. The van der Waals surface area contributed by atoms with Crippen LogP contribution in [0.15, 0.2) is 24.3 Å². The van der Waals surface area contributed by atoms with E-state index in [1.165, 1.54) is 7.11 Å². The summed E-state index contributed by atoms with van der Waals surface area (Å²) in [6, 6.07) is 0. The highest BCUT2D eigenvalue weighted by molar-refractivity contribution is 6.74. The summed E-state index contributed by atoms with van der Waals surface area (Å²) in [5.74, 6) is -0.224. The van der Waals surface area contributed by atoms with Crippen molar-refractivity contribution in [1.82, 2.24) is 0 Å². The molecule has 9 nitrogen and oxygen atoms in total. The summed E-state index contributed by atoms with van der Waals surface area (Å²) in [4.78, 5) is 23.7. The van der Waals surface area contributed by atoms with Crippen LogP contribution in [0.5, 0.6) is 0 Å². The lowest BCUT2D eigenvalue weighted by Crippen LogP contribution is -2.49. The molecule has 52 heavy (non-hydrogen) atoms. The SMILES string of the molecule is C=C1CC(CCC=O)OC1CC[C@H]1C[C@@H](C)C(=C)C(CC2O[C@H](C[C@@H](CO[Si](C)(C)C(C)(C)C)O[Si](C)(C)C(C)(C)C)[C@H](OC)[C@H]2CC(=O)OC)O1. The van der Waals surface area contributed by atoms with Gasteiger partial charge in [0.2, 0.25) is 0 Å². The van der Waals surface area contributed by atoms with Gasteiger partial charge in [-0.25, -0.2) is 0 Å². The van der Waals surface area contributed by atoms with Crippen molar-refractivity contribution < 1.29 is 42.1 Å². The second-order valence-electron chi connectivity index (χ2n) is 18.8. The summed E-state index contributed by atoms with van der Waals surface area (Å²) in [6.45, 7) is 34.1. The van der Waals surface area contributed by atoms with Crippen LogP contribution < -0.4 is 0 Å². The van der Waals surface area contributed by atoms with Crippen LogP contribution in [-0.4, -0.2) is 98.5 Å². The third kappa shape index (κ3) is 11.9. The average molecular weight is 767 g/mol. The third-order valence-corrected chi connectivity index (χ3v) is 21.9. The van der Waals surface area contributed by atoms with Crippen molar-refractivity contribution in [1.29, 1.82) is 0 Å². The Labute approximate surface area is 318 Å². The molecule has 11 heteroatoms. The van der Waals surface area contributed by atoms with Gasteiger partial charge in [-0.1, -0.05) is 61.6 Å². The molecule has 0 aliphatic carbocycles. The molecule has 0 aromatic rings. The van der Waals surface area contributed by atoms with Crippen LogP contribution in [0.2, 0.25) is 36.3 Å². The van der Waals surface area contributed by atoms with Gasteiger partial charge < -0.3 is 37.3 Å². The van der Waals surface area contributed by atoms with Crippen molar-refractivity contribution in [2.45, 2.75) is 191 Å². The fraction of sp³-hybridized carbons (Fsp3) is 0.854. The Morgan fingerprint density at radius 2 is 1.54 bits per heavy atom. The fourth-order valence-corrected chi connectivity index (χ4v) is 9.74. The Morgan fingerprint density at radius 3 is 2.12 bits per heavy atom. The van der Waals surface area contributed by atoms with Crippen LogP contribution in [0.4, 0.5) is 0 Å². The number of carbonyl (C=O) groups is 2. The zero-order valence-corrected chi connectivity index (χ0v) is 37.0. The molecule has 3 aliphatic rings. The summed E-state index contributed by atoms with van der Waals surface area (Å²) in [7, 11) is -1.08. The molecule has 0 N–H and O–H groups in total. The quantitative estimate of drug-likeness (QED) is 0.0586. The molecule has 3 rings (SSSR count). The number of hydrogen-bond acceptors (Lipinski definition) is 9. The van der Waals surface area contributed by atoms with E-state index >= 15 is 0 Å². The molecule has 10 atom stereocenters. The monoisotopic (exact) mass is 766 g/mol. The summed E-state index contributed by atoms with van der Waals surface area (Å²) in [5.41, 5.74) is 2.17. The summed E-state index contributed by atoms with van der Waals surface area (Å²) < 4.78 is 45.2. The Hall–Kier alpha value is -1.19. The first-order valence-electron chi connectivity index (χ1n) is 19.7. The smallest absolute Gasteiger partial charge is 0.305 e. The molecule has 0 bridgehead atoms. The molecule has 3 aliphatic heterocycles. The maximum absolute atomic E-state index is 12.8. The van der Waals surface area contributed by atoms with E-state index < -0.39 is 16.6 Å². The minimum Gasteiger partial charge on any atom is -0.469 e. The molecule has 0 amide bonds. The van der Waals surface area contributed by atoms with Crippen molar-refractivity contribution in [3.8, 4) is 0 Å². The predicted octanol–water partition coefficient (Wildman–Crippen LogP) is 8.96. The van der Waals surface area contributed by atoms with Crippen LogP contribution in [0, 0.1) is 11.8 Å². The van der Waals surface area contributed by atoms with Crippen LogP contribution in [-0.2, 0) is 42.1 Å². The molecule has 0 aromatic heterocycles. The maximum Gasteiger partial charge on any atom is 0.305 e. The molecule has 0 radical (unpaired) electrons. The molecular formula is C41H74O9Si2. The Morgan fingerprint density at radius 1 is 0.904 bits per heavy atom. The van der Waals surface area contributed by atoms with Crippen molar-refractivity contribution in [3.05, 3.63) is 24.3 Å². The van der Waals surface area contributed by atoms with Gasteiger partial charge in [0, 0.05) is 32.3 Å². The first-order chi connectivity index (χ1) is 24.0. The van der Waals surface area contributed by atoms with Crippen LogP contribution in [0.1, 0.15) is 106 Å². The van der Waals surface area contributed by atoms with E-state index in [0.29, 0.717) is 25.9 Å². The lowest BCUT2D eigenvalue weighted by Gasteiger charge is -2.42. The molecule has 4 unspecified atom stereocenters. The van der Waals surface area contributed by atoms with Gasteiger partial charge in [0.25, 0.3) is 0 Å². The number of aldehydes is 1. The minimum atomic E-state index is -2.17. The van der Waals surface area contributed by atoms with Gasteiger partial charge in [-0.15, -0.1) is 0 Å². The third-order valence-electron chi connectivity index (χ3n) is 12.8. The lowest BCUT2D eigenvalue weighted by molar-refractivity contribution is -0.143. The Balaban J connectivity index is 1.80. The fourth-order valence-electron chi connectivity index (χ4n) is 7.36. The molecule has 0 aromatic carbocycles. The first kappa shape index (κ1) is 45.2. The lowest BCUT2D eigenvalue weighted by atomic mass is 9.82. The molecule has 3 saturated heterocycles. The molecular weight excluding hydrogens is 693 g/mol. The standard InChI is InChI=1S/C41H74O9Si2/c1-27-21-31(18-19-34-28(2)22-30(47-34)17-16-20-42)48-35(29(27)3)25-36-33(24-38(43)44-10)39(45-11)37(49-36)23-32(50-52(14,15)41(7,8)9)26-46-51(12,13)40(4,5)6/h20,27,30-37,39H,2-3,16-19,21-26H2,1,4-15H3/t27-,30?,31+,32+,33+,34?,35?,36?,37-,39-/m1/s1. The number of esters is 1. The Kier molecular flexibility index (Phi) is 16.2. The zero-order valence-electron chi connectivity index (χ0n) is 35.0. The number of carbonyl (C=O) groups excluding carboxylic acids is 2. The predicted molar refractivity (Wildman–Crippen MR) is 213 cm³/mol. The molecule has 0 saturated carbocycles. The van der Waals surface area contributed by atoms with E-state index in [4.69, 9.17) is 32.5 Å². The van der Waals surface area contributed by atoms with E-state index in [0.717, 1.165) is 49.5 Å². The number of ether oxygens (including phenoxy) is 5. The summed E-state index contributed by atoms with van der Waals surface area (Å²) in [6.07, 6.45) is 5.72. The number of rotatable bonds is 18. The minimum absolute atomic E-state index is 0.00735. The van der Waals surface area contributed by atoms with Crippen LogP contribution in [0.3, 0.4) is 0 Å². The van der Waals surface area contributed by atoms with Gasteiger partial charge >= 0.3 is 5.97 Å². The normalized spacial score (nSPS) is 31.2. The topological polar surface area (TPSA) is 98.8 Å². The number of hydrogen-bond donors (Lipinski definition) is 0. The number of methoxy groups -OCH3 is 2. The summed E-state index contributed by atoms with van der Waals surface area (Å²) >= 11 is 0. The highest BCUT2D eigenvalue weighted by atomic mass is 28.4. The molecule has 3 heterocycles. The second-order valence-corrected chi connectivity index (χ2v) is 28.4. The van der Waals surface area contributed by atoms with E-state index in [2.05, 4.69) is 87.8 Å². The van der Waals surface area contributed by atoms with Crippen molar-refractivity contribution in [2.75, 3.05) is 20.8 Å². The van der Waals surface area contributed by atoms with E-state index in [-0.39, 0.29) is 83.1 Å². The Bertz CT molecular complexity index is 1210. The molecule has 0 spiro atoms. The largest absolute Gasteiger partial charge is 0.469 e. The van der Waals surface area contributed by atoms with E-state index in [1.54, 1.807) is 7.11 Å². The van der Waals surface area contributed by atoms with Crippen molar-refractivity contribution >= 4 is 28.9 Å². The molecule has 300 valence electrons. The highest BCUT2D eigenvalue weighted by Crippen LogP contribution is 2.44. The van der Waals surface area contributed by atoms with Crippen molar-refractivity contribution in [3.63, 3.8) is 0 Å². The highest BCUT2D eigenvalue weighted by Gasteiger charge is 2.50. The first-order valence-corrected chi connectivity index (χ1v) is 25.5. The van der Waals surface area contributed by atoms with Crippen LogP contribution in [0.25, 0.3) is 0 Å². The van der Waals surface area contributed by atoms with Gasteiger partial charge in [-0.3, -0.25) is 4.79 Å². The van der Waals surface area contributed by atoms with E-state index in [1.807, 2.05) is 0 Å². The van der Waals surface area contributed by atoms with Gasteiger partial charge in [-0.05, 0) is 85.4 Å². The van der Waals surface area contributed by atoms with Crippen LogP contribution >= 0.6 is 0 Å². The van der Waals surface area contributed by atoms with Gasteiger partial charge in [0.15, 0.2) is 16.6 Å². The summed E-state index contributed by atoms with van der Waals surface area (Å²) in [5, 5.41) is 0.0929. The van der Waals surface area contributed by atoms with Crippen molar-refractivity contribution in [2.24, 2.45) is 11.8 Å².